The summed E-state index contributed by atoms with van der Waals surface area (Å²) in [6, 6.07) is 0. The molecular weight excluding hydrogens is 242 g/mol. The molecule has 17 heavy (non-hydrogen) atoms. The first kappa shape index (κ1) is 13.4. The van der Waals surface area contributed by atoms with Crippen molar-refractivity contribution in [1.29, 1.82) is 0 Å². The average molecular weight is 257 g/mol. The van der Waals surface area contributed by atoms with E-state index in [2.05, 4.69) is 15.0 Å². The van der Waals surface area contributed by atoms with Crippen LogP contribution in [0.4, 0.5) is 5.13 Å². The van der Waals surface area contributed by atoms with Crippen molar-refractivity contribution in [2.75, 3.05) is 19.4 Å². The molecule has 0 fully saturated rings. The smallest absolute Gasteiger partial charge is 0.306 e. The number of methoxy groups -OCH3 is 1. The highest BCUT2D eigenvalue weighted by atomic mass is 32.1. The number of hydrogen-bond acceptors (Lipinski definition) is 6. The molecule has 6 nitrogen and oxygen atoms in total. The average Bonchev–Trinajstić information content (AvgIpc) is 2.72. The Labute approximate surface area is 103 Å². The molecule has 0 saturated carbocycles. The van der Waals surface area contributed by atoms with Gasteiger partial charge >= 0.3 is 5.97 Å². The normalized spacial score (nSPS) is 9.94. The maximum Gasteiger partial charge on any atom is 0.306 e. The molecule has 1 amide bonds. The Morgan fingerprint density at radius 2 is 2.29 bits per heavy atom. The molecule has 3 N–H and O–H groups in total. The van der Waals surface area contributed by atoms with E-state index in [1.807, 2.05) is 5.38 Å². The Bertz CT molecular complexity index is 392. The van der Waals surface area contributed by atoms with Crippen LogP contribution in [0.25, 0.3) is 0 Å². The van der Waals surface area contributed by atoms with Crippen LogP contribution in [0.1, 0.15) is 18.5 Å². The van der Waals surface area contributed by atoms with Crippen LogP contribution in [-0.4, -0.2) is 30.5 Å². The van der Waals surface area contributed by atoms with Gasteiger partial charge in [0.05, 0.1) is 19.2 Å². The Morgan fingerprint density at radius 1 is 1.53 bits per heavy atom. The lowest BCUT2D eigenvalue weighted by Gasteiger charge is -2.03. The van der Waals surface area contributed by atoms with Crippen molar-refractivity contribution in [3.8, 4) is 0 Å². The van der Waals surface area contributed by atoms with Crippen molar-refractivity contribution < 1.29 is 14.3 Å². The minimum Gasteiger partial charge on any atom is -0.469 e. The molecule has 7 heteroatoms. The van der Waals surface area contributed by atoms with Crippen LogP contribution >= 0.6 is 11.3 Å². The lowest BCUT2D eigenvalue weighted by atomic mass is 10.3. The lowest BCUT2D eigenvalue weighted by molar-refractivity contribution is -0.142. The van der Waals surface area contributed by atoms with Gasteiger partial charge in [0.25, 0.3) is 0 Å². The number of carbonyl (C=O) groups is 2. The Hall–Kier alpha value is -1.63. The van der Waals surface area contributed by atoms with Crippen molar-refractivity contribution in [3.63, 3.8) is 0 Å². The molecule has 0 spiro atoms. The van der Waals surface area contributed by atoms with Gasteiger partial charge in [-0.2, -0.15) is 0 Å². The first-order chi connectivity index (χ1) is 8.11. The molecule has 0 saturated heterocycles. The van der Waals surface area contributed by atoms with Crippen LogP contribution in [0.15, 0.2) is 5.38 Å². The SMILES string of the molecule is COC(=O)CCC(=O)NCCc1csc(N)n1. The van der Waals surface area contributed by atoms with Crippen molar-refractivity contribution in [1.82, 2.24) is 10.3 Å². The minimum atomic E-state index is -0.382. The largest absolute Gasteiger partial charge is 0.469 e. The fourth-order valence-electron chi connectivity index (χ4n) is 1.17. The van der Waals surface area contributed by atoms with E-state index >= 15 is 0 Å². The van der Waals surface area contributed by atoms with Crippen LogP contribution < -0.4 is 11.1 Å². The molecule has 1 aromatic heterocycles. The van der Waals surface area contributed by atoms with Gasteiger partial charge in [0.15, 0.2) is 5.13 Å². The fraction of sp³-hybridized carbons (Fsp3) is 0.500. The number of ether oxygens (including phenoxy) is 1. The van der Waals surface area contributed by atoms with E-state index in [9.17, 15) is 9.59 Å². The van der Waals surface area contributed by atoms with E-state index in [-0.39, 0.29) is 24.7 Å². The monoisotopic (exact) mass is 257 g/mol. The summed E-state index contributed by atoms with van der Waals surface area (Å²) in [4.78, 5) is 26.2. The highest BCUT2D eigenvalue weighted by molar-refractivity contribution is 7.13. The maximum absolute atomic E-state index is 11.3. The Morgan fingerprint density at radius 3 is 2.88 bits per heavy atom. The first-order valence-corrected chi connectivity index (χ1v) is 6.03. The predicted molar refractivity (Wildman–Crippen MR) is 64.5 cm³/mol. The molecule has 0 aromatic carbocycles. The van der Waals surface area contributed by atoms with Gasteiger partial charge in [-0.3, -0.25) is 9.59 Å². The quantitative estimate of drug-likeness (QED) is 0.716. The second kappa shape index (κ2) is 6.85. The summed E-state index contributed by atoms with van der Waals surface area (Å²) >= 11 is 1.37. The third-order valence-electron chi connectivity index (χ3n) is 2.06. The second-order valence-corrected chi connectivity index (χ2v) is 4.24. The summed E-state index contributed by atoms with van der Waals surface area (Å²) in [5, 5.41) is 5.08. The molecule has 0 aliphatic rings. The minimum absolute atomic E-state index is 0.103. The number of nitrogens with two attached hydrogens (primary N) is 1. The maximum atomic E-state index is 11.3. The molecule has 0 atom stereocenters. The van der Waals surface area contributed by atoms with Crippen LogP contribution in [0.5, 0.6) is 0 Å². The molecule has 94 valence electrons. The number of anilines is 1. The van der Waals surface area contributed by atoms with E-state index in [1.165, 1.54) is 18.4 Å². The fourth-order valence-corrected chi connectivity index (χ4v) is 1.77. The van der Waals surface area contributed by atoms with Gasteiger partial charge in [0, 0.05) is 24.8 Å². The van der Waals surface area contributed by atoms with Gasteiger partial charge in [-0.25, -0.2) is 4.98 Å². The van der Waals surface area contributed by atoms with Crippen LogP contribution in [0.3, 0.4) is 0 Å². The van der Waals surface area contributed by atoms with Crippen molar-refractivity contribution in [2.45, 2.75) is 19.3 Å². The predicted octanol–water partition coefficient (Wildman–Crippen LogP) is 0.337. The van der Waals surface area contributed by atoms with E-state index < -0.39 is 0 Å². The number of esters is 1. The number of thiazole rings is 1. The number of nitrogens with one attached hydrogen (secondary N) is 1. The molecule has 1 heterocycles. The van der Waals surface area contributed by atoms with E-state index in [0.717, 1.165) is 5.69 Å². The molecule has 0 unspecified atom stereocenters. The summed E-state index contributed by atoms with van der Waals surface area (Å²) in [5.74, 6) is -0.550. The molecule has 0 aliphatic heterocycles. The second-order valence-electron chi connectivity index (χ2n) is 3.35. The summed E-state index contributed by atoms with van der Waals surface area (Å²) in [6.07, 6.45) is 0.884. The lowest BCUT2D eigenvalue weighted by Crippen LogP contribution is -2.26. The molecule has 1 aromatic rings. The van der Waals surface area contributed by atoms with Crippen molar-refractivity contribution >= 4 is 28.3 Å². The topological polar surface area (TPSA) is 94.3 Å². The molecular formula is C10H15N3O3S. The highest BCUT2D eigenvalue weighted by Crippen LogP contribution is 2.10. The first-order valence-electron chi connectivity index (χ1n) is 5.15. The van der Waals surface area contributed by atoms with Gasteiger partial charge < -0.3 is 15.8 Å². The van der Waals surface area contributed by atoms with E-state index in [4.69, 9.17) is 5.73 Å². The van der Waals surface area contributed by atoms with E-state index in [0.29, 0.717) is 18.1 Å². The molecule has 0 bridgehead atoms. The van der Waals surface area contributed by atoms with Gasteiger partial charge in [0.2, 0.25) is 5.91 Å². The van der Waals surface area contributed by atoms with E-state index in [1.54, 1.807) is 0 Å². The van der Waals surface area contributed by atoms with Crippen LogP contribution in [0.2, 0.25) is 0 Å². The zero-order valence-electron chi connectivity index (χ0n) is 9.56. The van der Waals surface area contributed by atoms with Crippen LogP contribution in [-0.2, 0) is 20.7 Å². The number of nitrogen functional groups attached to an aromatic ring is 1. The standard InChI is InChI=1S/C10H15N3O3S/c1-16-9(15)3-2-8(14)12-5-4-7-6-17-10(11)13-7/h6H,2-5H2,1H3,(H2,11,13)(H,12,14). The van der Waals surface area contributed by atoms with Crippen LogP contribution in [0, 0.1) is 0 Å². The van der Waals surface area contributed by atoms with Gasteiger partial charge in [-0.05, 0) is 0 Å². The summed E-state index contributed by atoms with van der Waals surface area (Å²) in [6.45, 7) is 0.489. The van der Waals surface area contributed by atoms with Gasteiger partial charge in [-0.15, -0.1) is 11.3 Å². The van der Waals surface area contributed by atoms with Gasteiger partial charge in [-0.1, -0.05) is 0 Å². The molecule has 0 radical (unpaired) electrons. The number of hydrogen-bond donors (Lipinski definition) is 2. The highest BCUT2D eigenvalue weighted by Gasteiger charge is 2.06. The third kappa shape index (κ3) is 5.30. The number of rotatable bonds is 6. The molecule has 0 aliphatic carbocycles. The summed E-state index contributed by atoms with van der Waals surface area (Å²) in [7, 11) is 1.30. The Balaban J connectivity index is 2.14. The van der Waals surface area contributed by atoms with Crippen molar-refractivity contribution in [2.24, 2.45) is 0 Å². The summed E-state index contributed by atoms with van der Waals surface area (Å²) in [5.41, 5.74) is 6.34. The molecule has 1 rings (SSSR count). The zero-order chi connectivity index (χ0) is 12.7. The summed E-state index contributed by atoms with van der Waals surface area (Å²) < 4.78 is 4.44. The number of nitrogens with zero attached hydrogens (tertiary/aromatic N) is 1. The Kier molecular flexibility index (Phi) is 5.41. The number of aromatic nitrogens is 1. The van der Waals surface area contributed by atoms with Gasteiger partial charge in [0.1, 0.15) is 0 Å². The zero-order valence-corrected chi connectivity index (χ0v) is 10.4. The van der Waals surface area contributed by atoms with Crippen molar-refractivity contribution in [3.05, 3.63) is 11.1 Å². The third-order valence-corrected chi connectivity index (χ3v) is 2.78. The number of amides is 1. The number of carbonyl (C=O) groups excluding carboxylic acids is 2.